The third kappa shape index (κ3) is 6.26. The van der Waals surface area contributed by atoms with Gasteiger partial charge >= 0.3 is 0 Å². The minimum absolute atomic E-state index is 0.00977. The van der Waals surface area contributed by atoms with Crippen LogP contribution in [-0.2, 0) is 13.0 Å². The molecule has 1 aliphatic heterocycles. The Bertz CT molecular complexity index is 729. The second kappa shape index (κ2) is 10.5. The maximum Gasteiger partial charge on any atom is 0.123 e. The molecular formula is C22H29FN2O3. The zero-order valence-electron chi connectivity index (χ0n) is 16.1. The molecule has 1 aromatic carbocycles. The van der Waals surface area contributed by atoms with E-state index in [1.165, 1.54) is 17.7 Å². The van der Waals surface area contributed by atoms with E-state index in [4.69, 9.17) is 4.74 Å². The minimum atomic E-state index is -0.983. The quantitative estimate of drug-likeness (QED) is 0.828. The third-order valence-corrected chi connectivity index (χ3v) is 5.19. The van der Waals surface area contributed by atoms with Gasteiger partial charge in [-0.2, -0.15) is 0 Å². The summed E-state index contributed by atoms with van der Waals surface area (Å²) in [7, 11) is 0. The Morgan fingerprint density at radius 2 is 1.86 bits per heavy atom. The van der Waals surface area contributed by atoms with Crippen LogP contribution in [0.1, 0.15) is 36.8 Å². The molecule has 5 nitrogen and oxygen atoms in total. The maximum atomic E-state index is 13.6. The van der Waals surface area contributed by atoms with Crippen molar-refractivity contribution in [3.63, 3.8) is 0 Å². The number of aliphatic hydroxyl groups excluding tert-OH is 2. The van der Waals surface area contributed by atoms with Gasteiger partial charge in [-0.3, -0.25) is 9.88 Å². The van der Waals surface area contributed by atoms with Gasteiger partial charge in [0.1, 0.15) is 24.3 Å². The number of halogens is 1. The first-order chi connectivity index (χ1) is 13.6. The number of benzene rings is 1. The molecule has 2 atom stereocenters. The molecule has 2 heterocycles. The van der Waals surface area contributed by atoms with E-state index in [0.29, 0.717) is 18.7 Å². The average Bonchev–Trinajstić information content (AvgIpc) is 2.70. The lowest BCUT2D eigenvalue weighted by Crippen LogP contribution is -2.36. The van der Waals surface area contributed by atoms with Gasteiger partial charge in [0.15, 0.2) is 0 Å². The zero-order valence-corrected chi connectivity index (χ0v) is 16.1. The van der Waals surface area contributed by atoms with Crippen LogP contribution >= 0.6 is 0 Å². The van der Waals surface area contributed by atoms with Gasteiger partial charge in [0.2, 0.25) is 0 Å². The number of pyridine rings is 1. The summed E-state index contributed by atoms with van der Waals surface area (Å²) in [5, 5.41) is 20.6. The summed E-state index contributed by atoms with van der Waals surface area (Å²) in [5.74, 6) is 0.302. The van der Waals surface area contributed by atoms with Crippen molar-refractivity contribution in [3.05, 3.63) is 59.7 Å². The predicted octanol–water partition coefficient (Wildman–Crippen LogP) is 2.94. The normalized spacial score (nSPS) is 22.7. The lowest BCUT2D eigenvalue weighted by atomic mass is 10.0. The number of fused-ring (bicyclic) bond motifs is 1. The van der Waals surface area contributed by atoms with Gasteiger partial charge in [0.25, 0.3) is 0 Å². The molecule has 3 rings (SSSR count). The standard InChI is InChI=1S/C22H29FN2O3/c23-19-5-6-22-18(14-19)4-2-1-3-12-25(15-17-7-10-24-11-8-17)13-9-20(26)21(27)16-28-22/h5-8,10-11,14,20-21,26-27H,1-4,9,12-13,15-16H2/t20-,21+/m0/s1. The number of nitrogens with zero attached hydrogens (tertiary/aromatic N) is 2. The molecule has 2 N–H and O–H groups in total. The van der Waals surface area contributed by atoms with Crippen molar-refractivity contribution in [1.29, 1.82) is 0 Å². The summed E-state index contributed by atoms with van der Waals surface area (Å²) in [5.41, 5.74) is 1.99. The Labute approximate surface area is 165 Å². The lowest BCUT2D eigenvalue weighted by molar-refractivity contribution is -0.0163. The Hall–Kier alpha value is -2.02. The Morgan fingerprint density at radius 1 is 1.04 bits per heavy atom. The van der Waals surface area contributed by atoms with Crippen molar-refractivity contribution < 1.29 is 19.3 Å². The Balaban J connectivity index is 1.67. The van der Waals surface area contributed by atoms with Crippen molar-refractivity contribution in [2.75, 3.05) is 19.7 Å². The highest BCUT2D eigenvalue weighted by Gasteiger charge is 2.20. The minimum Gasteiger partial charge on any atom is -0.491 e. The third-order valence-electron chi connectivity index (χ3n) is 5.19. The molecule has 0 spiro atoms. The lowest BCUT2D eigenvalue weighted by Gasteiger charge is -2.26. The fraction of sp³-hybridized carbons (Fsp3) is 0.500. The molecule has 1 aromatic heterocycles. The first-order valence-electron chi connectivity index (χ1n) is 10.0. The van der Waals surface area contributed by atoms with Crippen LogP contribution in [0.15, 0.2) is 42.7 Å². The van der Waals surface area contributed by atoms with Crippen LogP contribution in [0.2, 0.25) is 0 Å². The number of rotatable bonds is 2. The topological polar surface area (TPSA) is 65.8 Å². The molecule has 0 saturated carbocycles. The maximum absolute atomic E-state index is 13.6. The number of hydrogen-bond acceptors (Lipinski definition) is 5. The highest BCUT2D eigenvalue weighted by atomic mass is 19.1. The molecular weight excluding hydrogens is 359 g/mol. The smallest absolute Gasteiger partial charge is 0.123 e. The van der Waals surface area contributed by atoms with Crippen LogP contribution in [0.5, 0.6) is 5.75 Å². The number of aliphatic hydroxyl groups is 2. The van der Waals surface area contributed by atoms with Gasteiger partial charge in [0, 0.05) is 25.5 Å². The van der Waals surface area contributed by atoms with E-state index in [9.17, 15) is 14.6 Å². The van der Waals surface area contributed by atoms with Gasteiger partial charge in [-0.25, -0.2) is 4.39 Å². The summed E-state index contributed by atoms with van der Waals surface area (Å²) in [4.78, 5) is 6.35. The molecule has 1 aliphatic rings. The van der Waals surface area contributed by atoms with Gasteiger partial charge in [-0.05, 0) is 73.7 Å². The molecule has 2 aromatic rings. The van der Waals surface area contributed by atoms with E-state index in [-0.39, 0.29) is 12.4 Å². The molecule has 0 unspecified atom stereocenters. The first kappa shape index (κ1) is 20.7. The van der Waals surface area contributed by atoms with E-state index >= 15 is 0 Å². The number of hydrogen-bond donors (Lipinski definition) is 2. The molecule has 0 amide bonds. The van der Waals surface area contributed by atoms with Crippen molar-refractivity contribution in [2.24, 2.45) is 0 Å². The van der Waals surface area contributed by atoms with Crippen molar-refractivity contribution in [3.8, 4) is 5.75 Å². The van der Waals surface area contributed by atoms with E-state index in [1.54, 1.807) is 18.5 Å². The monoisotopic (exact) mass is 388 g/mol. The molecule has 0 saturated heterocycles. The van der Waals surface area contributed by atoms with E-state index in [0.717, 1.165) is 44.3 Å². The number of ether oxygens (including phenoxy) is 1. The van der Waals surface area contributed by atoms with Gasteiger partial charge < -0.3 is 14.9 Å². The van der Waals surface area contributed by atoms with Crippen LogP contribution < -0.4 is 4.74 Å². The summed E-state index contributed by atoms with van der Waals surface area (Å²) in [6.07, 6.45) is 5.92. The highest BCUT2D eigenvalue weighted by molar-refractivity contribution is 5.34. The number of aromatic nitrogens is 1. The van der Waals surface area contributed by atoms with Gasteiger partial charge in [-0.1, -0.05) is 6.42 Å². The Morgan fingerprint density at radius 3 is 2.68 bits per heavy atom. The molecule has 0 fully saturated rings. The molecule has 152 valence electrons. The summed E-state index contributed by atoms with van der Waals surface area (Å²) >= 11 is 0. The van der Waals surface area contributed by atoms with Crippen LogP contribution in [-0.4, -0.2) is 52.0 Å². The molecule has 6 heteroatoms. The van der Waals surface area contributed by atoms with Gasteiger partial charge in [-0.15, -0.1) is 0 Å². The van der Waals surface area contributed by atoms with Gasteiger partial charge in [0.05, 0.1) is 6.10 Å². The molecule has 0 aliphatic carbocycles. The summed E-state index contributed by atoms with van der Waals surface area (Å²) in [6.45, 7) is 2.39. The van der Waals surface area contributed by atoms with Crippen molar-refractivity contribution in [2.45, 2.75) is 50.9 Å². The predicted molar refractivity (Wildman–Crippen MR) is 106 cm³/mol. The van der Waals surface area contributed by atoms with E-state index < -0.39 is 12.2 Å². The average molecular weight is 388 g/mol. The molecule has 0 radical (unpaired) electrons. The fourth-order valence-electron chi connectivity index (χ4n) is 3.52. The fourth-order valence-corrected chi connectivity index (χ4v) is 3.52. The first-order valence-corrected chi connectivity index (χ1v) is 10.0. The Kier molecular flexibility index (Phi) is 7.77. The highest BCUT2D eigenvalue weighted by Crippen LogP contribution is 2.23. The largest absolute Gasteiger partial charge is 0.491 e. The molecule has 0 bridgehead atoms. The second-order valence-electron chi connectivity index (χ2n) is 7.43. The molecule has 28 heavy (non-hydrogen) atoms. The SMILES string of the molecule is O[C@@H]1COc2ccc(F)cc2CCCCCN(Cc2ccncc2)CC[C@@H]1O. The van der Waals surface area contributed by atoms with Crippen LogP contribution in [0, 0.1) is 5.82 Å². The number of aryl methyl sites for hydroxylation is 1. The van der Waals surface area contributed by atoms with Crippen LogP contribution in [0.3, 0.4) is 0 Å². The van der Waals surface area contributed by atoms with Crippen LogP contribution in [0.25, 0.3) is 0 Å². The van der Waals surface area contributed by atoms with Crippen molar-refractivity contribution in [1.82, 2.24) is 9.88 Å². The van der Waals surface area contributed by atoms with E-state index in [1.807, 2.05) is 12.1 Å². The van der Waals surface area contributed by atoms with Crippen molar-refractivity contribution >= 4 is 0 Å². The van der Waals surface area contributed by atoms with Crippen LogP contribution in [0.4, 0.5) is 4.39 Å². The van der Waals surface area contributed by atoms with E-state index in [2.05, 4.69) is 9.88 Å². The summed E-state index contributed by atoms with van der Waals surface area (Å²) in [6, 6.07) is 8.46. The summed E-state index contributed by atoms with van der Waals surface area (Å²) < 4.78 is 19.3. The zero-order chi connectivity index (χ0) is 19.8. The second-order valence-corrected chi connectivity index (χ2v) is 7.43.